The van der Waals surface area contributed by atoms with Gasteiger partial charge in [0.1, 0.15) is 0 Å². The molecular formula is C17H24N2O2. The number of nitrogens with zero attached hydrogens (tertiary/aromatic N) is 1. The van der Waals surface area contributed by atoms with Crippen molar-refractivity contribution in [3.8, 4) is 0 Å². The van der Waals surface area contributed by atoms with Crippen molar-refractivity contribution in [3.05, 3.63) is 29.8 Å². The van der Waals surface area contributed by atoms with E-state index in [1.54, 1.807) is 0 Å². The number of esters is 1. The second-order valence-corrected chi connectivity index (χ2v) is 5.90. The van der Waals surface area contributed by atoms with Crippen LogP contribution in [0.4, 0.5) is 5.69 Å². The van der Waals surface area contributed by atoms with Gasteiger partial charge in [0.05, 0.1) is 12.2 Å². The normalized spacial score (nSPS) is 25.4. The quantitative estimate of drug-likeness (QED) is 0.865. The van der Waals surface area contributed by atoms with Crippen LogP contribution < -0.4 is 5.32 Å². The number of hydrogen-bond donors (Lipinski definition) is 1. The molecule has 0 aromatic heterocycles. The van der Waals surface area contributed by atoms with Crippen LogP contribution in [0.5, 0.6) is 0 Å². The topological polar surface area (TPSA) is 41.6 Å². The Morgan fingerprint density at radius 2 is 2.14 bits per heavy atom. The molecule has 4 heteroatoms. The number of piperidine rings is 1. The molecule has 4 nitrogen and oxygen atoms in total. The molecule has 2 atom stereocenters. The lowest BCUT2D eigenvalue weighted by Crippen LogP contribution is -2.41. The minimum atomic E-state index is -0.237. The van der Waals surface area contributed by atoms with Crippen LogP contribution in [0.2, 0.25) is 0 Å². The maximum absolute atomic E-state index is 12.0. The fourth-order valence-corrected chi connectivity index (χ4v) is 3.61. The van der Waals surface area contributed by atoms with Crippen LogP contribution >= 0.6 is 0 Å². The van der Waals surface area contributed by atoms with Crippen molar-refractivity contribution >= 4 is 11.7 Å². The first kappa shape index (κ1) is 14.4. The molecule has 2 aliphatic rings. The Morgan fingerprint density at radius 1 is 1.29 bits per heavy atom. The first-order chi connectivity index (χ1) is 10.3. The summed E-state index contributed by atoms with van der Waals surface area (Å²) in [7, 11) is 0. The van der Waals surface area contributed by atoms with Gasteiger partial charge in [0, 0.05) is 24.3 Å². The highest BCUT2D eigenvalue weighted by molar-refractivity contribution is 5.95. The van der Waals surface area contributed by atoms with Gasteiger partial charge in [0.15, 0.2) is 0 Å². The number of carbonyl (C=O) groups excluding carboxylic acids is 1. The van der Waals surface area contributed by atoms with Crippen molar-refractivity contribution in [1.29, 1.82) is 0 Å². The number of carbonyl (C=O) groups is 1. The minimum absolute atomic E-state index is 0.237. The van der Waals surface area contributed by atoms with Gasteiger partial charge in [-0.2, -0.15) is 0 Å². The van der Waals surface area contributed by atoms with Crippen LogP contribution in [0.15, 0.2) is 24.3 Å². The summed E-state index contributed by atoms with van der Waals surface area (Å²) >= 11 is 0. The third-order valence-corrected chi connectivity index (χ3v) is 4.62. The van der Waals surface area contributed by atoms with Crippen LogP contribution in [-0.2, 0) is 4.74 Å². The monoisotopic (exact) mass is 288 g/mol. The number of anilines is 1. The van der Waals surface area contributed by atoms with E-state index in [4.69, 9.17) is 4.74 Å². The third kappa shape index (κ3) is 3.05. The summed E-state index contributed by atoms with van der Waals surface area (Å²) < 4.78 is 5.15. The van der Waals surface area contributed by atoms with Crippen LogP contribution in [-0.4, -0.2) is 42.6 Å². The number of hydrogen-bond acceptors (Lipinski definition) is 4. The Morgan fingerprint density at radius 3 is 3.00 bits per heavy atom. The highest BCUT2D eigenvalue weighted by Gasteiger charge is 2.35. The Balaban J connectivity index is 1.74. The van der Waals surface area contributed by atoms with E-state index in [1.807, 2.05) is 31.2 Å². The molecule has 3 rings (SSSR count). The highest BCUT2D eigenvalue weighted by Crippen LogP contribution is 2.30. The lowest BCUT2D eigenvalue weighted by atomic mass is 9.98. The molecule has 2 unspecified atom stereocenters. The summed E-state index contributed by atoms with van der Waals surface area (Å²) in [6.45, 7) is 4.64. The summed E-state index contributed by atoms with van der Waals surface area (Å²) in [5.41, 5.74) is 1.56. The van der Waals surface area contributed by atoms with E-state index >= 15 is 0 Å². The van der Waals surface area contributed by atoms with Crippen molar-refractivity contribution in [3.63, 3.8) is 0 Å². The van der Waals surface area contributed by atoms with Gasteiger partial charge in [0.2, 0.25) is 0 Å². The zero-order valence-corrected chi connectivity index (χ0v) is 12.7. The highest BCUT2D eigenvalue weighted by atomic mass is 16.5. The molecule has 1 aromatic rings. The largest absolute Gasteiger partial charge is 0.462 e. The molecule has 21 heavy (non-hydrogen) atoms. The van der Waals surface area contributed by atoms with Crippen LogP contribution in [0.25, 0.3) is 0 Å². The average Bonchev–Trinajstić information content (AvgIpc) is 2.91. The molecule has 2 saturated heterocycles. The lowest BCUT2D eigenvalue weighted by molar-refractivity contribution is 0.0527. The van der Waals surface area contributed by atoms with Gasteiger partial charge in [-0.3, -0.25) is 4.90 Å². The lowest BCUT2D eigenvalue weighted by Gasteiger charge is -2.33. The van der Waals surface area contributed by atoms with E-state index < -0.39 is 0 Å². The van der Waals surface area contributed by atoms with E-state index in [1.165, 1.54) is 32.4 Å². The number of nitrogens with one attached hydrogen (secondary N) is 1. The summed E-state index contributed by atoms with van der Waals surface area (Å²) in [5.74, 6) is -0.237. The van der Waals surface area contributed by atoms with Gasteiger partial charge in [-0.25, -0.2) is 4.79 Å². The standard InChI is InChI=1S/C17H24N2O2/c1-2-21-17(20)13-7-3-4-8-14(13)18-15-10-12-19-11-6-5-9-16(15)19/h3-4,7-8,15-16,18H,2,5-6,9-12H2,1H3. The van der Waals surface area contributed by atoms with Gasteiger partial charge in [-0.05, 0) is 44.9 Å². The maximum atomic E-state index is 12.0. The van der Waals surface area contributed by atoms with E-state index in [-0.39, 0.29) is 5.97 Å². The molecule has 0 radical (unpaired) electrons. The van der Waals surface area contributed by atoms with Gasteiger partial charge < -0.3 is 10.1 Å². The fourth-order valence-electron chi connectivity index (χ4n) is 3.61. The van der Waals surface area contributed by atoms with E-state index in [0.717, 1.165) is 12.1 Å². The van der Waals surface area contributed by atoms with Crippen LogP contribution in [0, 0.1) is 0 Å². The molecule has 0 saturated carbocycles. The molecule has 2 aliphatic heterocycles. The van der Waals surface area contributed by atoms with Crippen molar-refractivity contribution in [1.82, 2.24) is 4.90 Å². The Hall–Kier alpha value is -1.55. The maximum Gasteiger partial charge on any atom is 0.340 e. The van der Waals surface area contributed by atoms with Gasteiger partial charge in [0.25, 0.3) is 0 Å². The fraction of sp³-hybridized carbons (Fsp3) is 0.588. The molecule has 0 bridgehead atoms. The molecule has 114 valence electrons. The number of rotatable bonds is 4. The summed E-state index contributed by atoms with van der Waals surface area (Å²) in [6, 6.07) is 8.75. The van der Waals surface area contributed by atoms with Crippen molar-refractivity contribution in [2.24, 2.45) is 0 Å². The zero-order chi connectivity index (χ0) is 14.7. The third-order valence-electron chi connectivity index (χ3n) is 4.62. The Labute approximate surface area is 126 Å². The number of ether oxygens (including phenoxy) is 1. The predicted octanol–water partition coefficient (Wildman–Crippen LogP) is 2.90. The number of para-hydroxylation sites is 1. The summed E-state index contributed by atoms with van der Waals surface area (Å²) in [6.07, 6.45) is 5.06. The first-order valence-corrected chi connectivity index (χ1v) is 8.06. The summed E-state index contributed by atoms with van der Waals surface area (Å²) in [5, 5.41) is 3.61. The summed E-state index contributed by atoms with van der Waals surface area (Å²) in [4.78, 5) is 14.6. The molecule has 0 amide bonds. The van der Waals surface area contributed by atoms with Gasteiger partial charge in [-0.15, -0.1) is 0 Å². The smallest absolute Gasteiger partial charge is 0.340 e. The van der Waals surface area contributed by atoms with Gasteiger partial charge >= 0.3 is 5.97 Å². The first-order valence-electron chi connectivity index (χ1n) is 8.06. The second-order valence-electron chi connectivity index (χ2n) is 5.90. The Bertz CT molecular complexity index is 503. The number of fused-ring (bicyclic) bond motifs is 1. The van der Waals surface area contributed by atoms with Crippen molar-refractivity contribution in [2.45, 2.75) is 44.7 Å². The van der Waals surface area contributed by atoms with Gasteiger partial charge in [-0.1, -0.05) is 18.6 Å². The predicted molar refractivity (Wildman–Crippen MR) is 83.6 cm³/mol. The van der Waals surface area contributed by atoms with Crippen molar-refractivity contribution in [2.75, 3.05) is 25.0 Å². The molecule has 0 aliphatic carbocycles. The van der Waals surface area contributed by atoms with E-state index in [0.29, 0.717) is 24.3 Å². The molecule has 1 aromatic carbocycles. The minimum Gasteiger partial charge on any atom is -0.462 e. The van der Waals surface area contributed by atoms with Crippen molar-refractivity contribution < 1.29 is 9.53 Å². The van der Waals surface area contributed by atoms with Crippen LogP contribution in [0.1, 0.15) is 43.0 Å². The average molecular weight is 288 g/mol. The van der Waals surface area contributed by atoms with E-state index in [2.05, 4.69) is 10.2 Å². The van der Waals surface area contributed by atoms with Crippen LogP contribution in [0.3, 0.4) is 0 Å². The molecule has 2 heterocycles. The zero-order valence-electron chi connectivity index (χ0n) is 12.7. The molecule has 2 fully saturated rings. The molecular weight excluding hydrogens is 264 g/mol. The number of benzene rings is 1. The SMILES string of the molecule is CCOC(=O)c1ccccc1NC1CCN2CCCCC12. The second kappa shape index (κ2) is 6.48. The molecule has 1 N–H and O–H groups in total. The molecule has 0 spiro atoms. The Kier molecular flexibility index (Phi) is 4.44. The van der Waals surface area contributed by atoms with E-state index in [9.17, 15) is 4.79 Å².